The number of fused-ring (bicyclic) bond motifs is 1. The third-order valence-corrected chi connectivity index (χ3v) is 11.0. The zero-order chi connectivity index (χ0) is 28.2. The molecule has 3 heterocycles. The third kappa shape index (κ3) is 4.85. The van der Waals surface area contributed by atoms with E-state index < -0.39 is 10.0 Å². The van der Waals surface area contributed by atoms with Gasteiger partial charge >= 0.3 is 0 Å². The summed E-state index contributed by atoms with van der Waals surface area (Å²) in [6.07, 6.45) is 2.01. The largest absolute Gasteiger partial charge is 0.464 e. The maximum absolute atomic E-state index is 13.7. The summed E-state index contributed by atoms with van der Waals surface area (Å²) < 4.78 is 38.0. The molecule has 1 saturated heterocycles. The highest BCUT2D eigenvalue weighted by atomic mass is 79.9. The molecule has 9 heteroatoms. The molecule has 0 spiro atoms. The summed E-state index contributed by atoms with van der Waals surface area (Å²) in [7, 11) is -3.68. The van der Waals surface area contributed by atoms with Gasteiger partial charge in [0.25, 0.3) is 5.91 Å². The molecule has 0 atom stereocenters. The predicted molar refractivity (Wildman–Crippen MR) is 157 cm³/mol. The average molecular weight is 613 g/mol. The van der Waals surface area contributed by atoms with E-state index in [9.17, 15) is 13.2 Å². The SMILES string of the molecule is Cc1oc(Cn2ccc3ccc(Br)cc32)cc1C(=O)N1CCN(S(=O)(=O)c2c(C)c(C)c(C)c(C)c2C)CC1. The monoisotopic (exact) mass is 611 g/mol. The minimum atomic E-state index is -3.68. The van der Waals surface area contributed by atoms with Crippen LogP contribution in [0.3, 0.4) is 0 Å². The smallest absolute Gasteiger partial charge is 0.257 e. The van der Waals surface area contributed by atoms with Crippen LogP contribution in [0.25, 0.3) is 10.9 Å². The highest BCUT2D eigenvalue weighted by Crippen LogP contribution is 2.32. The van der Waals surface area contributed by atoms with Crippen molar-refractivity contribution in [2.24, 2.45) is 0 Å². The number of benzene rings is 2. The van der Waals surface area contributed by atoms with Crippen molar-refractivity contribution in [1.29, 1.82) is 0 Å². The average Bonchev–Trinajstić information content (AvgIpc) is 3.48. The van der Waals surface area contributed by atoms with E-state index >= 15 is 0 Å². The number of hydrogen-bond acceptors (Lipinski definition) is 4. The fraction of sp³-hybridized carbons (Fsp3) is 0.367. The van der Waals surface area contributed by atoms with Gasteiger partial charge in [-0.15, -0.1) is 0 Å². The van der Waals surface area contributed by atoms with E-state index in [1.165, 1.54) is 4.31 Å². The molecule has 206 valence electrons. The molecule has 1 amide bonds. The molecule has 0 saturated carbocycles. The summed E-state index contributed by atoms with van der Waals surface area (Å²) in [5, 5.41) is 1.13. The zero-order valence-electron chi connectivity index (χ0n) is 23.3. The van der Waals surface area contributed by atoms with Crippen LogP contribution in [0.4, 0.5) is 0 Å². The Morgan fingerprint density at radius 1 is 0.872 bits per heavy atom. The standard InChI is InChI=1S/C30H34BrN3O4S/c1-18-19(2)21(4)29(22(5)20(18)3)39(36,37)34-13-11-32(12-14-34)30(35)27-16-26(38-23(27)6)17-33-10-9-24-7-8-25(31)15-28(24)33/h7-10,15-16H,11-14,17H2,1-6H3. The second kappa shape index (κ2) is 10.3. The molecule has 1 aliphatic heterocycles. The quantitative estimate of drug-likeness (QED) is 0.276. The summed E-state index contributed by atoms with van der Waals surface area (Å²) in [6.45, 7) is 13.2. The number of furan rings is 1. The molecule has 4 aromatic rings. The van der Waals surface area contributed by atoms with Crippen molar-refractivity contribution in [3.8, 4) is 0 Å². The molecular formula is C30H34BrN3O4S. The Morgan fingerprint density at radius 2 is 1.49 bits per heavy atom. The van der Waals surface area contributed by atoms with Crippen LogP contribution in [0.15, 0.2) is 50.3 Å². The van der Waals surface area contributed by atoms with Gasteiger partial charge in [-0.1, -0.05) is 22.0 Å². The van der Waals surface area contributed by atoms with Crippen molar-refractivity contribution in [1.82, 2.24) is 13.8 Å². The number of amides is 1. The Bertz CT molecular complexity index is 1680. The van der Waals surface area contributed by atoms with E-state index in [2.05, 4.69) is 38.7 Å². The highest BCUT2D eigenvalue weighted by molar-refractivity contribution is 9.10. The molecular weight excluding hydrogens is 578 g/mol. The van der Waals surface area contributed by atoms with Crippen molar-refractivity contribution in [2.45, 2.75) is 53.0 Å². The first kappa shape index (κ1) is 27.7. The maximum Gasteiger partial charge on any atom is 0.257 e. The Labute approximate surface area is 238 Å². The van der Waals surface area contributed by atoms with Gasteiger partial charge in [0.05, 0.1) is 17.0 Å². The van der Waals surface area contributed by atoms with Crippen LogP contribution >= 0.6 is 15.9 Å². The number of piperazine rings is 1. The summed E-state index contributed by atoms with van der Waals surface area (Å²) in [4.78, 5) is 15.6. The number of halogens is 1. The number of carbonyl (C=O) groups is 1. The molecule has 0 radical (unpaired) electrons. The lowest BCUT2D eigenvalue weighted by molar-refractivity contribution is 0.0696. The fourth-order valence-electron chi connectivity index (χ4n) is 5.58. The van der Waals surface area contributed by atoms with Crippen LogP contribution in [0.2, 0.25) is 0 Å². The second-order valence-corrected chi connectivity index (χ2v) is 13.3. The molecule has 2 aromatic heterocycles. The van der Waals surface area contributed by atoms with Crippen molar-refractivity contribution < 1.29 is 17.6 Å². The normalized spacial score (nSPS) is 14.9. The van der Waals surface area contributed by atoms with Crippen LogP contribution in [-0.2, 0) is 16.6 Å². The van der Waals surface area contributed by atoms with Crippen LogP contribution in [0.5, 0.6) is 0 Å². The van der Waals surface area contributed by atoms with Gasteiger partial charge in [-0.2, -0.15) is 4.31 Å². The van der Waals surface area contributed by atoms with Crippen molar-refractivity contribution >= 4 is 42.8 Å². The minimum Gasteiger partial charge on any atom is -0.464 e. The second-order valence-electron chi connectivity index (χ2n) is 10.5. The van der Waals surface area contributed by atoms with E-state index in [4.69, 9.17) is 4.42 Å². The summed E-state index contributed by atoms with van der Waals surface area (Å²) in [5.41, 5.74) is 6.36. The number of sulfonamides is 1. The van der Waals surface area contributed by atoms with E-state index in [0.717, 1.165) is 43.2 Å². The van der Waals surface area contributed by atoms with Gasteiger partial charge in [0.2, 0.25) is 10.0 Å². The Hall–Kier alpha value is -2.88. The number of hydrogen-bond donors (Lipinski definition) is 0. The first-order chi connectivity index (χ1) is 18.4. The molecule has 39 heavy (non-hydrogen) atoms. The zero-order valence-corrected chi connectivity index (χ0v) is 25.7. The Balaban J connectivity index is 1.31. The minimum absolute atomic E-state index is 0.131. The van der Waals surface area contributed by atoms with Gasteiger partial charge in [-0.25, -0.2) is 8.42 Å². The van der Waals surface area contributed by atoms with Crippen molar-refractivity contribution in [3.05, 3.63) is 85.9 Å². The molecule has 0 aliphatic carbocycles. The topological polar surface area (TPSA) is 75.8 Å². The predicted octanol–water partition coefficient (Wildman–Crippen LogP) is 6.04. The Morgan fingerprint density at radius 3 is 2.13 bits per heavy atom. The van der Waals surface area contributed by atoms with Crippen molar-refractivity contribution in [3.63, 3.8) is 0 Å². The molecule has 0 N–H and O–H groups in total. The molecule has 2 aromatic carbocycles. The summed E-state index contributed by atoms with van der Waals surface area (Å²) >= 11 is 3.53. The van der Waals surface area contributed by atoms with Gasteiger partial charge in [0, 0.05) is 42.4 Å². The van der Waals surface area contributed by atoms with Gasteiger partial charge in [0.15, 0.2) is 0 Å². The highest BCUT2D eigenvalue weighted by Gasteiger charge is 2.34. The maximum atomic E-state index is 13.7. The number of aromatic nitrogens is 1. The van der Waals surface area contributed by atoms with Crippen LogP contribution in [0.1, 0.15) is 49.7 Å². The molecule has 5 rings (SSSR count). The lowest BCUT2D eigenvalue weighted by Crippen LogP contribution is -2.50. The molecule has 7 nitrogen and oxygen atoms in total. The van der Waals surface area contributed by atoms with E-state index in [0.29, 0.717) is 41.6 Å². The van der Waals surface area contributed by atoms with Gasteiger partial charge in [-0.3, -0.25) is 4.79 Å². The van der Waals surface area contributed by atoms with Gasteiger partial charge in [-0.05, 0) is 99.0 Å². The van der Waals surface area contributed by atoms with Crippen LogP contribution < -0.4 is 0 Å². The fourth-order valence-corrected chi connectivity index (χ4v) is 7.91. The lowest BCUT2D eigenvalue weighted by Gasteiger charge is -2.35. The summed E-state index contributed by atoms with van der Waals surface area (Å²) in [5.74, 6) is 1.14. The number of carbonyl (C=O) groups excluding carboxylic acids is 1. The summed E-state index contributed by atoms with van der Waals surface area (Å²) in [6, 6.07) is 10.0. The molecule has 0 bridgehead atoms. The van der Waals surface area contributed by atoms with E-state index in [1.807, 2.05) is 52.9 Å². The van der Waals surface area contributed by atoms with Crippen LogP contribution in [-0.4, -0.2) is 54.3 Å². The van der Waals surface area contributed by atoms with Gasteiger partial charge in [0.1, 0.15) is 11.5 Å². The third-order valence-electron chi connectivity index (χ3n) is 8.32. The molecule has 1 fully saturated rings. The van der Waals surface area contributed by atoms with E-state index in [1.54, 1.807) is 11.8 Å². The first-order valence-electron chi connectivity index (χ1n) is 13.1. The van der Waals surface area contributed by atoms with Crippen LogP contribution in [0, 0.1) is 41.5 Å². The number of nitrogens with zero attached hydrogens (tertiary/aromatic N) is 3. The molecule has 1 aliphatic rings. The van der Waals surface area contributed by atoms with E-state index in [-0.39, 0.29) is 19.0 Å². The van der Waals surface area contributed by atoms with Gasteiger partial charge < -0.3 is 13.9 Å². The molecule has 0 unspecified atom stereocenters. The number of rotatable bonds is 5. The Kier molecular flexibility index (Phi) is 7.28. The van der Waals surface area contributed by atoms with Crippen molar-refractivity contribution in [2.75, 3.05) is 26.2 Å². The number of aryl methyl sites for hydroxylation is 1. The lowest BCUT2D eigenvalue weighted by atomic mass is 9.95. The first-order valence-corrected chi connectivity index (χ1v) is 15.3.